The Hall–Kier alpha value is -11.0. The summed E-state index contributed by atoms with van der Waals surface area (Å²) in [4.78, 5) is 117. The van der Waals surface area contributed by atoms with Gasteiger partial charge in [-0.3, -0.25) is 19.2 Å². The molecule has 0 bridgehead atoms. The number of carbonyl (C=O) groups excluding carboxylic acids is 6. The number of fused-ring (bicyclic) bond motifs is 3. The summed E-state index contributed by atoms with van der Waals surface area (Å²) in [6.07, 6.45) is 0.756. The van der Waals surface area contributed by atoms with Crippen LogP contribution in [0.5, 0.6) is 0 Å². The van der Waals surface area contributed by atoms with Crippen LogP contribution in [0.15, 0.2) is 135 Å². The van der Waals surface area contributed by atoms with E-state index in [0.29, 0.717) is 156 Å². The van der Waals surface area contributed by atoms with Crippen molar-refractivity contribution in [3.8, 4) is 33.8 Å². The first kappa shape index (κ1) is 90.8. The summed E-state index contributed by atoms with van der Waals surface area (Å²) in [6.45, 7) is 45.2. The predicted octanol–water partition coefficient (Wildman–Crippen LogP) is 20.5. The molecule has 3 aromatic carbocycles. The molecule has 14 rings (SSSR count). The lowest BCUT2D eigenvalue weighted by Gasteiger charge is -2.47. The Morgan fingerprint density at radius 2 is 0.818 bits per heavy atom. The van der Waals surface area contributed by atoms with Crippen molar-refractivity contribution in [1.82, 2.24) is 44.5 Å². The monoisotopic (exact) mass is 1710 g/mol. The fourth-order valence-corrected chi connectivity index (χ4v) is 15.7. The summed E-state index contributed by atoms with van der Waals surface area (Å²) in [6, 6.07) is 33.7. The summed E-state index contributed by atoms with van der Waals surface area (Å²) in [5, 5.41) is 9.47. The normalized spacial score (nSPS) is 15.6. The van der Waals surface area contributed by atoms with Gasteiger partial charge in [-0.2, -0.15) is 9.59 Å². The number of hydrogen-bond donors (Lipinski definition) is 1. The molecule has 0 saturated carbocycles. The Morgan fingerprint density at radius 3 is 1.12 bits per heavy atom. The first-order valence-electron chi connectivity index (χ1n) is 40.1. The molecule has 638 valence electrons. The van der Waals surface area contributed by atoms with Gasteiger partial charge in [0.05, 0.1) is 60.0 Å². The molecule has 11 aromatic rings. The lowest BCUT2D eigenvalue weighted by Crippen LogP contribution is -2.62. The number of pyridine rings is 5. The van der Waals surface area contributed by atoms with E-state index in [1.807, 2.05) is 102 Å². The van der Waals surface area contributed by atoms with E-state index in [1.54, 1.807) is 65.3 Å². The average molecular weight is 1710 g/mol. The molecule has 0 unspecified atom stereocenters. The molecule has 11 heterocycles. The number of amides is 4. The number of anilines is 2. The van der Waals surface area contributed by atoms with Crippen LogP contribution < -0.4 is 9.80 Å². The number of aryl methyl sites for hydroxylation is 2. The molecule has 1 N–H and O–H groups in total. The second-order valence-electron chi connectivity index (χ2n) is 36.5. The van der Waals surface area contributed by atoms with Crippen LogP contribution in [-0.4, -0.2) is 161 Å². The standard InChI is InChI=1S/C31H32ClFN4O4.C31H39ClFN3O3.C30H32ClFN4O2.CO2/c1-17-19(29(39)40)8-10-26(34-17)36-11-12-37(31(5,6)16-36)28(38)25-15-24-27(41-25)20(30(2,3)4)14-23(35-24)18-7-9-21(32)22(33)13-18;1-18(2)19(3)13-27(37)35-11-12-36(31(7,8)17-35)29(38)26-16-25-28(39-26)21(30(4,5)6)15-24(34-25)20-9-10-22(32)23(33)14-20;1-18-8-7-9-26(33-18)35-12-13-36(30(5,6)17-35)28(37)25-16-24-27(38-25)20(29(2,3)4)15-23(34-24)19-10-11-21(31)22(32)14-19;2-1-3/h7-10,13-15H,11-12,16H2,1-6H3,(H,39,40);9-10,14-16,18-19H,11-13,17H2,1-8H3;7-11,14-16H,12-13,17H2,1-6H3;/t;19-;;/m.1../s1. The van der Waals surface area contributed by atoms with E-state index in [0.717, 1.165) is 28.2 Å². The van der Waals surface area contributed by atoms with Gasteiger partial charge in [-0.15, -0.1) is 0 Å². The van der Waals surface area contributed by atoms with Crippen molar-refractivity contribution in [2.24, 2.45) is 11.8 Å². The minimum absolute atomic E-state index is 0.0352. The Morgan fingerprint density at radius 1 is 0.471 bits per heavy atom. The maximum atomic E-state index is 14.2. The van der Waals surface area contributed by atoms with Crippen molar-refractivity contribution in [3.63, 3.8) is 0 Å². The smallest absolute Gasteiger partial charge is 0.373 e. The molecule has 121 heavy (non-hydrogen) atoms. The molecule has 4 amide bonds. The van der Waals surface area contributed by atoms with Crippen LogP contribution in [0.25, 0.3) is 67.1 Å². The molecule has 28 heteroatoms. The van der Waals surface area contributed by atoms with E-state index in [2.05, 4.69) is 95.9 Å². The van der Waals surface area contributed by atoms with Crippen molar-refractivity contribution < 1.29 is 65.1 Å². The number of piperazine rings is 3. The second kappa shape index (κ2) is 35.2. The molecule has 3 saturated heterocycles. The number of aromatic carboxylic acids is 1. The number of rotatable bonds is 12. The van der Waals surface area contributed by atoms with Gasteiger partial charge in [-0.05, 0) is 162 Å². The van der Waals surface area contributed by atoms with Gasteiger partial charge >= 0.3 is 12.1 Å². The molecule has 3 fully saturated rings. The quantitative estimate of drug-likeness (QED) is 0.119. The fourth-order valence-electron chi connectivity index (χ4n) is 15.4. The Balaban J connectivity index is 0.000000174. The van der Waals surface area contributed by atoms with Crippen LogP contribution in [0.1, 0.15) is 201 Å². The lowest BCUT2D eigenvalue weighted by atomic mass is 9.86. The van der Waals surface area contributed by atoms with E-state index >= 15 is 0 Å². The number of aromatic nitrogens is 5. The number of carbonyl (C=O) groups is 5. The van der Waals surface area contributed by atoms with Crippen LogP contribution in [0.4, 0.5) is 24.8 Å². The number of carboxylic acid groups (broad SMARTS) is 1. The largest absolute Gasteiger partial charge is 0.478 e. The van der Waals surface area contributed by atoms with Crippen molar-refractivity contribution in [2.75, 3.05) is 68.7 Å². The van der Waals surface area contributed by atoms with Crippen LogP contribution in [0.2, 0.25) is 15.1 Å². The Labute approximate surface area is 717 Å². The highest BCUT2D eigenvalue weighted by molar-refractivity contribution is 6.31. The number of furan rings is 3. The summed E-state index contributed by atoms with van der Waals surface area (Å²) in [5.41, 5.74) is 8.34. The van der Waals surface area contributed by atoms with Gasteiger partial charge in [0, 0.05) is 123 Å². The third-order valence-corrected chi connectivity index (χ3v) is 23.3. The Bertz CT molecular complexity index is 5850. The number of hydrogen-bond acceptors (Lipinski definition) is 17. The van der Waals surface area contributed by atoms with Gasteiger partial charge in [0.25, 0.3) is 17.7 Å². The van der Waals surface area contributed by atoms with Crippen molar-refractivity contribution >= 4 is 115 Å². The first-order chi connectivity index (χ1) is 56.5. The predicted molar refractivity (Wildman–Crippen MR) is 464 cm³/mol. The lowest BCUT2D eigenvalue weighted by molar-refractivity contribution is -0.191. The SMILES string of the molecule is CC(C)[C@H](C)CC(=O)N1CCN(C(=O)c2cc3nc(-c4ccc(Cl)c(F)c4)cc(C(C)(C)C)c3o2)C(C)(C)C1.Cc1cccc(N2CCN(C(=O)c3cc4nc(-c5ccc(Cl)c(F)c5)cc(C(C)(C)C)c4o3)C(C)(C)C2)n1.Cc1nc(N2CCN(C(=O)c3cc4nc(-c5ccc(Cl)c(F)c5)cc(C(C)(C)C)c4o3)C(C)(C)C2)ccc1C(=O)O.O=C=O. The number of nitrogens with zero attached hydrogens (tertiary/aromatic N) is 11. The van der Waals surface area contributed by atoms with Crippen molar-refractivity contribution in [3.05, 3.63) is 205 Å². The van der Waals surface area contributed by atoms with Gasteiger partial charge < -0.3 is 47.8 Å². The minimum atomic E-state index is -1.01. The number of halogens is 6. The second-order valence-corrected chi connectivity index (χ2v) is 37.7. The maximum Gasteiger partial charge on any atom is 0.373 e. The van der Waals surface area contributed by atoms with Gasteiger partial charge in [0.2, 0.25) is 5.91 Å². The Kier molecular flexibility index (Phi) is 26.4. The molecule has 1 atom stereocenters. The maximum absolute atomic E-state index is 14.2. The summed E-state index contributed by atoms with van der Waals surface area (Å²) < 4.78 is 61.3. The highest BCUT2D eigenvalue weighted by Crippen LogP contribution is 2.42. The van der Waals surface area contributed by atoms with E-state index in [-0.39, 0.29) is 83.9 Å². The van der Waals surface area contributed by atoms with Crippen LogP contribution in [-0.2, 0) is 30.6 Å². The van der Waals surface area contributed by atoms with E-state index in [4.69, 9.17) is 72.6 Å². The summed E-state index contributed by atoms with van der Waals surface area (Å²) in [7, 11) is 0. The minimum Gasteiger partial charge on any atom is -0.478 e. The molecule has 0 aliphatic carbocycles. The van der Waals surface area contributed by atoms with E-state index in [1.165, 1.54) is 36.4 Å². The third kappa shape index (κ3) is 20.1. The zero-order chi connectivity index (χ0) is 88.8. The highest BCUT2D eigenvalue weighted by atomic mass is 35.5. The molecule has 22 nitrogen and oxygen atoms in total. The molecule has 3 aliphatic heterocycles. The number of benzene rings is 3. The molecule has 3 aliphatic rings. The molecular formula is C93H103Cl3F3N11O11. The van der Waals surface area contributed by atoms with E-state index < -0.39 is 40.0 Å². The zero-order valence-electron chi connectivity index (χ0n) is 72.0. The van der Waals surface area contributed by atoms with Gasteiger partial charge in [-0.1, -0.05) is 142 Å². The zero-order valence-corrected chi connectivity index (χ0v) is 74.3. The third-order valence-electron chi connectivity index (χ3n) is 22.4. The number of carboxylic acids is 1. The van der Waals surface area contributed by atoms with Gasteiger partial charge in [0.1, 0.15) is 45.6 Å². The first-order valence-corrected chi connectivity index (χ1v) is 41.2. The van der Waals surface area contributed by atoms with Crippen LogP contribution in [0.3, 0.4) is 0 Å². The van der Waals surface area contributed by atoms with Crippen molar-refractivity contribution in [2.45, 2.75) is 178 Å². The van der Waals surface area contributed by atoms with Crippen LogP contribution >= 0.6 is 34.8 Å². The van der Waals surface area contributed by atoms with Gasteiger partial charge in [0.15, 0.2) is 34.0 Å². The van der Waals surface area contributed by atoms with Gasteiger partial charge in [-0.25, -0.2) is 42.9 Å². The molecule has 0 radical (unpaired) electrons. The van der Waals surface area contributed by atoms with Crippen molar-refractivity contribution in [1.29, 1.82) is 0 Å². The topological polar surface area (TPSA) is 263 Å². The van der Waals surface area contributed by atoms with E-state index in [9.17, 15) is 42.3 Å². The summed E-state index contributed by atoms with van der Waals surface area (Å²) in [5.74, 6) is -0.168. The average Bonchev–Trinajstić information content (AvgIpc) is 1.62. The fraction of sp³-hybridized carbons (Fsp3) is 0.409. The highest BCUT2D eigenvalue weighted by Gasteiger charge is 2.44. The van der Waals surface area contributed by atoms with Crippen LogP contribution in [0, 0.1) is 43.1 Å². The molecule has 8 aromatic heterocycles. The molecule has 0 spiro atoms. The molecular weight excluding hydrogens is 1610 g/mol. The summed E-state index contributed by atoms with van der Waals surface area (Å²) >= 11 is 17.7.